The van der Waals surface area contributed by atoms with Crippen molar-refractivity contribution in [1.82, 2.24) is 10.2 Å². The lowest BCUT2D eigenvalue weighted by atomic mass is 9.84. The van der Waals surface area contributed by atoms with Gasteiger partial charge in [-0.1, -0.05) is 13.8 Å². The quantitative estimate of drug-likeness (QED) is 0.839. The van der Waals surface area contributed by atoms with Gasteiger partial charge in [0.15, 0.2) is 0 Å². The Labute approximate surface area is 125 Å². The maximum absolute atomic E-state index is 6.09. The highest BCUT2D eigenvalue weighted by Gasteiger charge is 2.35. The van der Waals surface area contributed by atoms with Crippen molar-refractivity contribution >= 4 is 0 Å². The van der Waals surface area contributed by atoms with E-state index in [0.29, 0.717) is 12.1 Å². The first-order valence-electron chi connectivity index (χ1n) is 8.67. The van der Waals surface area contributed by atoms with Gasteiger partial charge in [-0.25, -0.2) is 0 Å². The minimum absolute atomic E-state index is 0.138. The summed E-state index contributed by atoms with van der Waals surface area (Å²) in [5.41, 5.74) is 0.138. The topological polar surface area (TPSA) is 24.5 Å². The van der Waals surface area contributed by atoms with E-state index in [0.717, 1.165) is 25.4 Å². The van der Waals surface area contributed by atoms with Crippen LogP contribution in [0.25, 0.3) is 0 Å². The zero-order valence-corrected chi connectivity index (χ0v) is 14.0. The third kappa shape index (κ3) is 3.96. The summed E-state index contributed by atoms with van der Waals surface area (Å²) in [5.74, 6) is 0.814. The average molecular weight is 282 g/mol. The van der Waals surface area contributed by atoms with Crippen molar-refractivity contribution in [3.8, 4) is 0 Å². The number of nitrogens with one attached hydrogen (secondary N) is 1. The molecule has 0 spiro atoms. The second-order valence-corrected chi connectivity index (χ2v) is 7.05. The van der Waals surface area contributed by atoms with Gasteiger partial charge in [-0.05, 0) is 65.0 Å². The lowest BCUT2D eigenvalue weighted by molar-refractivity contribution is -0.0947. The molecule has 0 aliphatic carbocycles. The molecule has 118 valence electrons. The normalized spacial score (nSPS) is 33.0. The molecule has 0 aromatic heterocycles. The van der Waals surface area contributed by atoms with Gasteiger partial charge in [0.1, 0.15) is 0 Å². The van der Waals surface area contributed by atoms with Crippen LogP contribution in [0.1, 0.15) is 59.3 Å². The Balaban J connectivity index is 1.85. The number of nitrogens with zero attached hydrogens (tertiary/aromatic N) is 1. The van der Waals surface area contributed by atoms with E-state index >= 15 is 0 Å². The van der Waals surface area contributed by atoms with E-state index in [1.54, 1.807) is 0 Å². The average Bonchev–Trinajstić information content (AvgIpc) is 2.47. The molecule has 20 heavy (non-hydrogen) atoms. The largest absolute Gasteiger partial charge is 0.375 e. The van der Waals surface area contributed by atoms with Gasteiger partial charge in [-0.2, -0.15) is 0 Å². The summed E-state index contributed by atoms with van der Waals surface area (Å²) in [4.78, 5) is 2.48. The molecule has 2 aliphatic heterocycles. The van der Waals surface area contributed by atoms with Gasteiger partial charge in [0.25, 0.3) is 0 Å². The lowest BCUT2D eigenvalue weighted by Gasteiger charge is -2.42. The molecule has 0 amide bonds. The minimum Gasteiger partial charge on any atom is -0.375 e. The molecule has 3 atom stereocenters. The zero-order chi connectivity index (χ0) is 14.6. The monoisotopic (exact) mass is 282 g/mol. The Kier molecular flexibility index (Phi) is 5.88. The van der Waals surface area contributed by atoms with Gasteiger partial charge in [-0.15, -0.1) is 0 Å². The van der Waals surface area contributed by atoms with Crippen LogP contribution in [0.2, 0.25) is 0 Å². The summed E-state index contributed by atoms with van der Waals surface area (Å²) in [5, 5.41) is 3.93. The van der Waals surface area contributed by atoms with E-state index in [2.05, 4.69) is 38.0 Å². The Morgan fingerprint density at radius 3 is 2.70 bits per heavy atom. The summed E-state index contributed by atoms with van der Waals surface area (Å²) in [6.45, 7) is 10.4. The zero-order valence-electron chi connectivity index (χ0n) is 14.0. The third-order valence-electron chi connectivity index (χ3n) is 5.65. The molecule has 2 rings (SSSR count). The smallest absolute Gasteiger partial charge is 0.0692 e. The first kappa shape index (κ1) is 16.3. The first-order chi connectivity index (χ1) is 9.58. The SMILES string of the molecule is CCC1(CC)CC(NC(C)C2CCCN(C)C2)CCO1. The Morgan fingerprint density at radius 2 is 2.05 bits per heavy atom. The Hall–Kier alpha value is -0.120. The summed E-state index contributed by atoms with van der Waals surface area (Å²) in [6.07, 6.45) is 7.38. The molecule has 0 radical (unpaired) electrons. The highest BCUT2D eigenvalue weighted by molar-refractivity contribution is 4.90. The molecular weight excluding hydrogens is 248 g/mol. The van der Waals surface area contributed by atoms with Gasteiger partial charge < -0.3 is 15.0 Å². The number of hydrogen-bond acceptors (Lipinski definition) is 3. The van der Waals surface area contributed by atoms with Gasteiger partial charge in [-0.3, -0.25) is 0 Å². The van der Waals surface area contributed by atoms with Gasteiger partial charge in [0.05, 0.1) is 5.60 Å². The van der Waals surface area contributed by atoms with Crippen molar-refractivity contribution in [3.05, 3.63) is 0 Å². The number of hydrogen-bond donors (Lipinski definition) is 1. The predicted molar refractivity (Wildman–Crippen MR) is 85.1 cm³/mol. The number of piperidine rings is 1. The number of rotatable bonds is 5. The molecule has 1 N–H and O–H groups in total. The second kappa shape index (κ2) is 7.24. The van der Waals surface area contributed by atoms with Crippen molar-refractivity contribution < 1.29 is 4.74 Å². The molecule has 0 saturated carbocycles. The molecule has 0 bridgehead atoms. The molecule has 2 heterocycles. The molecule has 0 aromatic carbocycles. The van der Waals surface area contributed by atoms with E-state index in [9.17, 15) is 0 Å². The van der Waals surface area contributed by atoms with Crippen LogP contribution in [0.15, 0.2) is 0 Å². The standard InChI is InChI=1S/C17H34N2O/c1-5-17(6-2)12-16(9-11-20-17)18-14(3)15-8-7-10-19(4)13-15/h14-16,18H,5-13H2,1-4H3. The molecule has 3 unspecified atom stereocenters. The lowest BCUT2D eigenvalue weighted by Crippen LogP contribution is -2.52. The van der Waals surface area contributed by atoms with Crippen molar-refractivity contribution in [2.24, 2.45) is 5.92 Å². The molecule has 3 heteroatoms. The van der Waals surface area contributed by atoms with Crippen molar-refractivity contribution in [2.75, 3.05) is 26.7 Å². The highest BCUT2D eigenvalue weighted by Crippen LogP contribution is 2.32. The maximum Gasteiger partial charge on any atom is 0.0692 e. The van der Waals surface area contributed by atoms with E-state index in [-0.39, 0.29) is 5.60 Å². The fourth-order valence-corrected chi connectivity index (χ4v) is 4.04. The number of likely N-dealkylation sites (tertiary alicyclic amines) is 1. The first-order valence-corrected chi connectivity index (χ1v) is 8.67. The summed E-state index contributed by atoms with van der Waals surface area (Å²) in [7, 11) is 2.26. The molecule has 3 nitrogen and oxygen atoms in total. The van der Waals surface area contributed by atoms with Gasteiger partial charge >= 0.3 is 0 Å². The minimum atomic E-state index is 0.138. The van der Waals surface area contributed by atoms with Crippen LogP contribution in [-0.4, -0.2) is 49.3 Å². The van der Waals surface area contributed by atoms with Crippen molar-refractivity contribution in [1.29, 1.82) is 0 Å². The van der Waals surface area contributed by atoms with Crippen molar-refractivity contribution in [3.63, 3.8) is 0 Å². The van der Waals surface area contributed by atoms with Gasteiger partial charge in [0.2, 0.25) is 0 Å². The number of ether oxygens (including phenoxy) is 1. The molecule has 2 fully saturated rings. The van der Waals surface area contributed by atoms with Crippen LogP contribution in [0.3, 0.4) is 0 Å². The van der Waals surface area contributed by atoms with E-state index < -0.39 is 0 Å². The van der Waals surface area contributed by atoms with Gasteiger partial charge in [0, 0.05) is 25.2 Å². The van der Waals surface area contributed by atoms with Crippen LogP contribution >= 0.6 is 0 Å². The predicted octanol–water partition coefficient (Wildman–Crippen LogP) is 3.04. The second-order valence-electron chi connectivity index (χ2n) is 7.05. The molecule has 2 aliphatic rings. The molecular formula is C17H34N2O. The third-order valence-corrected chi connectivity index (χ3v) is 5.65. The summed E-state index contributed by atoms with van der Waals surface area (Å²) >= 11 is 0. The van der Waals surface area contributed by atoms with Crippen molar-refractivity contribution in [2.45, 2.75) is 77.0 Å². The van der Waals surface area contributed by atoms with Crippen LogP contribution in [0, 0.1) is 5.92 Å². The molecule has 0 aromatic rings. The molecule has 2 saturated heterocycles. The van der Waals surface area contributed by atoms with E-state index in [1.807, 2.05) is 0 Å². The van der Waals surface area contributed by atoms with Crippen LogP contribution in [0.4, 0.5) is 0 Å². The van der Waals surface area contributed by atoms with Crippen LogP contribution in [-0.2, 0) is 4.74 Å². The van der Waals surface area contributed by atoms with Crippen LogP contribution in [0.5, 0.6) is 0 Å². The maximum atomic E-state index is 6.09. The summed E-state index contributed by atoms with van der Waals surface area (Å²) < 4.78 is 6.09. The summed E-state index contributed by atoms with van der Waals surface area (Å²) in [6, 6.07) is 1.28. The fourth-order valence-electron chi connectivity index (χ4n) is 4.04. The Bertz CT molecular complexity index is 291. The highest BCUT2D eigenvalue weighted by atomic mass is 16.5. The van der Waals surface area contributed by atoms with Crippen LogP contribution < -0.4 is 5.32 Å². The fraction of sp³-hybridized carbons (Fsp3) is 1.00. The van der Waals surface area contributed by atoms with E-state index in [1.165, 1.54) is 38.8 Å². The van der Waals surface area contributed by atoms with E-state index in [4.69, 9.17) is 4.74 Å². The Morgan fingerprint density at radius 1 is 1.30 bits per heavy atom.